The normalized spacial score (nSPS) is 16.3. The van der Waals surface area contributed by atoms with Crippen molar-refractivity contribution in [2.75, 3.05) is 13.1 Å². The van der Waals surface area contributed by atoms with Gasteiger partial charge in [0.05, 0.1) is 5.56 Å². The Bertz CT molecular complexity index is 655. The topological polar surface area (TPSA) is 12.5 Å². The third kappa shape index (κ3) is 5.65. The quantitative estimate of drug-likeness (QED) is 0.735. The third-order valence-corrected chi connectivity index (χ3v) is 4.24. The number of likely N-dealkylation sites (tertiary alicyclic amines) is 1. The molecule has 0 spiro atoms. The van der Waals surface area contributed by atoms with Gasteiger partial charge in [-0.25, -0.2) is 0 Å². The number of alkyl halides is 3. The number of nitrogens with zero attached hydrogens (tertiary/aromatic N) is 1. The van der Waals surface area contributed by atoms with Crippen molar-refractivity contribution in [3.05, 3.63) is 65.7 Å². The number of hydrogen-bond donors (Lipinski definition) is 0. The second-order valence-corrected chi connectivity index (χ2v) is 6.10. The molecule has 1 heterocycles. The lowest BCUT2D eigenvalue weighted by Gasteiger charge is -2.32. The number of para-hydroxylation sites is 1. The standard InChI is InChI=1S/C19H20F3NO.ClH/c20-19(21,22)16-6-4-5-15(13-16)14-23-11-9-18(10-12-23)24-17-7-2-1-3-8-17;/h1-8,13,18H,9-12,14H2;1H. The van der Waals surface area contributed by atoms with Crippen molar-refractivity contribution in [1.82, 2.24) is 4.90 Å². The second-order valence-electron chi connectivity index (χ2n) is 6.10. The van der Waals surface area contributed by atoms with Gasteiger partial charge < -0.3 is 4.74 Å². The van der Waals surface area contributed by atoms with Crippen molar-refractivity contribution in [2.24, 2.45) is 0 Å². The molecular formula is C19H21ClF3NO. The molecule has 0 unspecified atom stereocenters. The SMILES string of the molecule is Cl.FC(F)(F)c1cccc(CN2CCC(Oc3ccccc3)CC2)c1. The van der Waals surface area contributed by atoms with Crippen LogP contribution in [0, 0.1) is 0 Å². The van der Waals surface area contributed by atoms with Gasteiger partial charge in [0.25, 0.3) is 0 Å². The molecule has 25 heavy (non-hydrogen) atoms. The first-order valence-electron chi connectivity index (χ1n) is 8.11. The summed E-state index contributed by atoms with van der Waals surface area (Å²) in [7, 11) is 0. The minimum Gasteiger partial charge on any atom is -0.490 e. The summed E-state index contributed by atoms with van der Waals surface area (Å²) in [6.07, 6.45) is -2.35. The Morgan fingerprint density at radius 1 is 0.960 bits per heavy atom. The molecule has 1 fully saturated rings. The highest BCUT2D eigenvalue weighted by Gasteiger charge is 2.30. The Kier molecular flexibility index (Phi) is 6.73. The molecule has 1 saturated heterocycles. The smallest absolute Gasteiger partial charge is 0.416 e. The van der Waals surface area contributed by atoms with Gasteiger partial charge >= 0.3 is 6.18 Å². The Hall–Kier alpha value is -1.72. The molecule has 136 valence electrons. The van der Waals surface area contributed by atoms with E-state index < -0.39 is 11.7 Å². The Balaban J connectivity index is 0.00000225. The van der Waals surface area contributed by atoms with Gasteiger partial charge in [0, 0.05) is 19.6 Å². The molecule has 0 amide bonds. The molecule has 2 nitrogen and oxygen atoms in total. The van der Waals surface area contributed by atoms with Gasteiger partial charge in [-0.15, -0.1) is 12.4 Å². The number of rotatable bonds is 4. The van der Waals surface area contributed by atoms with Crippen LogP contribution in [0.2, 0.25) is 0 Å². The van der Waals surface area contributed by atoms with E-state index in [-0.39, 0.29) is 18.5 Å². The lowest BCUT2D eigenvalue weighted by atomic mass is 10.1. The summed E-state index contributed by atoms with van der Waals surface area (Å²) in [4.78, 5) is 2.18. The van der Waals surface area contributed by atoms with Crippen LogP contribution in [0.3, 0.4) is 0 Å². The van der Waals surface area contributed by atoms with Gasteiger partial charge in [-0.2, -0.15) is 13.2 Å². The fourth-order valence-electron chi connectivity index (χ4n) is 2.98. The number of benzene rings is 2. The van der Waals surface area contributed by atoms with Crippen molar-refractivity contribution in [2.45, 2.75) is 31.7 Å². The minimum absolute atomic E-state index is 0. The summed E-state index contributed by atoms with van der Waals surface area (Å²) in [6, 6.07) is 15.3. The molecule has 1 aliphatic rings. The maximum atomic E-state index is 12.8. The van der Waals surface area contributed by atoms with Gasteiger partial charge in [0.15, 0.2) is 0 Å². The van der Waals surface area contributed by atoms with E-state index in [9.17, 15) is 13.2 Å². The fraction of sp³-hybridized carbons (Fsp3) is 0.368. The number of piperidine rings is 1. The molecule has 2 aromatic carbocycles. The molecule has 1 aliphatic heterocycles. The number of ether oxygens (including phenoxy) is 1. The van der Waals surface area contributed by atoms with Crippen LogP contribution in [0.15, 0.2) is 54.6 Å². The summed E-state index contributed by atoms with van der Waals surface area (Å²) in [5, 5.41) is 0. The van der Waals surface area contributed by atoms with E-state index in [0.717, 1.165) is 37.7 Å². The van der Waals surface area contributed by atoms with Crippen LogP contribution >= 0.6 is 12.4 Å². The van der Waals surface area contributed by atoms with Gasteiger partial charge in [-0.05, 0) is 36.6 Å². The highest BCUT2D eigenvalue weighted by molar-refractivity contribution is 5.85. The zero-order valence-electron chi connectivity index (χ0n) is 13.7. The monoisotopic (exact) mass is 371 g/mol. The number of halogens is 4. The molecule has 0 bridgehead atoms. The molecule has 0 aromatic heterocycles. The van der Waals surface area contributed by atoms with Crippen LogP contribution in [0.5, 0.6) is 5.75 Å². The summed E-state index contributed by atoms with van der Waals surface area (Å²) in [6.45, 7) is 2.20. The van der Waals surface area contributed by atoms with Crippen LogP contribution < -0.4 is 4.74 Å². The molecule has 3 rings (SSSR count). The Morgan fingerprint density at radius 2 is 1.64 bits per heavy atom. The van der Waals surface area contributed by atoms with Crippen LogP contribution in [-0.4, -0.2) is 24.1 Å². The van der Waals surface area contributed by atoms with E-state index in [1.165, 1.54) is 12.1 Å². The summed E-state index contributed by atoms with van der Waals surface area (Å²) in [5.41, 5.74) is 0.120. The molecule has 0 radical (unpaired) electrons. The van der Waals surface area contributed by atoms with Crippen LogP contribution in [-0.2, 0) is 12.7 Å². The van der Waals surface area contributed by atoms with E-state index >= 15 is 0 Å². The first kappa shape index (κ1) is 19.6. The number of hydrogen-bond acceptors (Lipinski definition) is 2. The average Bonchev–Trinajstić information content (AvgIpc) is 2.57. The van der Waals surface area contributed by atoms with Crippen molar-refractivity contribution >= 4 is 12.4 Å². The first-order valence-corrected chi connectivity index (χ1v) is 8.11. The largest absolute Gasteiger partial charge is 0.490 e. The predicted octanol–water partition coefficient (Wildman–Crippen LogP) is 5.17. The minimum atomic E-state index is -4.29. The van der Waals surface area contributed by atoms with Crippen molar-refractivity contribution in [3.8, 4) is 5.75 Å². The molecule has 0 aliphatic carbocycles. The Labute approximate surface area is 152 Å². The van der Waals surface area contributed by atoms with Gasteiger partial charge in [-0.1, -0.05) is 36.4 Å². The maximum absolute atomic E-state index is 12.8. The predicted molar refractivity (Wildman–Crippen MR) is 94.1 cm³/mol. The van der Waals surface area contributed by atoms with Crippen LogP contribution in [0.4, 0.5) is 13.2 Å². The highest BCUT2D eigenvalue weighted by atomic mass is 35.5. The Morgan fingerprint density at radius 3 is 2.28 bits per heavy atom. The van der Waals surface area contributed by atoms with Crippen molar-refractivity contribution in [3.63, 3.8) is 0 Å². The van der Waals surface area contributed by atoms with E-state index in [1.54, 1.807) is 6.07 Å². The lowest BCUT2D eigenvalue weighted by molar-refractivity contribution is -0.137. The van der Waals surface area contributed by atoms with Gasteiger partial charge in [0.1, 0.15) is 11.9 Å². The molecule has 0 atom stereocenters. The average molecular weight is 372 g/mol. The lowest BCUT2D eigenvalue weighted by Crippen LogP contribution is -2.37. The van der Waals surface area contributed by atoms with Crippen molar-refractivity contribution < 1.29 is 17.9 Å². The third-order valence-electron chi connectivity index (χ3n) is 4.24. The van der Waals surface area contributed by atoms with Crippen LogP contribution in [0.1, 0.15) is 24.0 Å². The second kappa shape index (κ2) is 8.59. The summed E-state index contributed by atoms with van der Waals surface area (Å²) in [5.74, 6) is 0.869. The fourth-order valence-corrected chi connectivity index (χ4v) is 2.98. The first-order chi connectivity index (χ1) is 11.5. The molecule has 0 N–H and O–H groups in total. The van der Waals surface area contributed by atoms with Crippen LogP contribution in [0.25, 0.3) is 0 Å². The molecular weight excluding hydrogens is 351 g/mol. The molecule has 2 aromatic rings. The van der Waals surface area contributed by atoms with E-state index in [2.05, 4.69) is 4.90 Å². The molecule has 0 saturated carbocycles. The molecule has 6 heteroatoms. The zero-order valence-corrected chi connectivity index (χ0v) is 14.5. The summed E-state index contributed by atoms with van der Waals surface area (Å²) < 4.78 is 44.3. The zero-order chi connectivity index (χ0) is 17.0. The van der Waals surface area contributed by atoms with Crippen molar-refractivity contribution in [1.29, 1.82) is 0 Å². The summed E-state index contributed by atoms with van der Waals surface area (Å²) >= 11 is 0. The maximum Gasteiger partial charge on any atom is 0.416 e. The van der Waals surface area contributed by atoms with E-state index in [4.69, 9.17) is 4.74 Å². The van der Waals surface area contributed by atoms with E-state index in [0.29, 0.717) is 12.1 Å². The van der Waals surface area contributed by atoms with Gasteiger partial charge in [-0.3, -0.25) is 4.90 Å². The van der Waals surface area contributed by atoms with Gasteiger partial charge in [0.2, 0.25) is 0 Å². The van der Waals surface area contributed by atoms with E-state index in [1.807, 2.05) is 30.3 Å². The highest BCUT2D eigenvalue weighted by Crippen LogP contribution is 2.30.